The largest absolute Gasteiger partial charge is 0.426 e. The van der Waals surface area contributed by atoms with E-state index in [9.17, 15) is 14.4 Å². The average Bonchev–Trinajstić information content (AvgIpc) is 3.51. The van der Waals surface area contributed by atoms with E-state index in [1.165, 1.54) is 37.0 Å². The number of hydrogen-bond acceptors (Lipinski definition) is 9. The Labute approximate surface area is 244 Å². The van der Waals surface area contributed by atoms with Gasteiger partial charge in [-0.2, -0.15) is 0 Å². The van der Waals surface area contributed by atoms with Crippen LogP contribution in [-0.2, 0) is 14.3 Å². The van der Waals surface area contributed by atoms with E-state index in [-0.39, 0.29) is 41.7 Å². The molecule has 0 aromatic carbocycles. The van der Waals surface area contributed by atoms with Crippen molar-refractivity contribution in [3.63, 3.8) is 0 Å². The molecule has 0 bridgehead atoms. The maximum atomic E-state index is 14.0. The molecule has 2 aliphatic carbocycles. The number of hydrogen-bond donors (Lipinski definition) is 1. The van der Waals surface area contributed by atoms with Crippen LogP contribution in [0.3, 0.4) is 0 Å². The quantitative estimate of drug-likeness (QED) is 0.475. The molecule has 1 unspecified atom stereocenters. The van der Waals surface area contributed by atoms with Gasteiger partial charge in [0.1, 0.15) is 10.9 Å². The first kappa shape index (κ1) is 28.3. The number of nitrogens with zero attached hydrogens (tertiary/aromatic N) is 5. The fourth-order valence-electron chi connectivity index (χ4n) is 6.95. The lowest BCUT2D eigenvalue weighted by atomic mass is 9.70. The molecule has 2 saturated heterocycles. The first-order chi connectivity index (χ1) is 19.7. The third-order valence-corrected chi connectivity index (χ3v) is 10.5. The summed E-state index contributed by atoms with van der Waals surface area (Å²) in [6.07, 6.45) is 9.37. The van der Waals surface area contributed by atoms with Crippen molar-refractivity contribution in [2.75, 3.05) is 32.8 Å². The van der Waals surface area contributed by atoms with Crippen LogP contribution in [0.2, 0.25) is 0 Å². The van der Waals surface area contributed by atoms with Crippen LogP contribution in [0.1, 0.15) is 80.9 Å². The summed E-state index contributed by atoms with van der Waals surface area (Å²) in [6.45, 7) is 8.38. The van der Waals surface area contributed by atoms with Crippen molar-refractivity contribution in [2.45, 2.75) is 71.4 Å². The third-order valence-electron chi connectivity index (χ3n) is 9.76. The predicted octanol–water partition coefficient (Wildman–Crippen LogP) is 3.32. The minimum absolute atomic E-state index is 0.0333. The molecule has 41 heavy (non-hydrogen) atoms. The second-order valence-electron chi connectivity index (χ2n) is 13.2. The normalized spacial score (nSPS) is 26.4. The smallest absolute Gasteiger partial charge is 0.265 e. The third kappa shape index (κ3) is 5.64. The van der Waals surface area contributed by atoms with Gasteiger partial charge in [0.15, 0.2) is 0 Å². The van der Waals surface area contributed by atoms with Crippen molar-refractivity contribution in [2.24, 2.45) is 28.6 Å². The Hall–Kier alpha value is -2.86. The monoisotopic (exact) mass is 584 g/mol. The Morgan fingerprint density at radius 2 is 1.88 bits per heavy atom. The van der Waals surface area contributed by atoms with Gasteiger partial charge in [0, 0.05) is 44.1 Å². The summed E-state index contributed by atoms with van der Waals surface area (Å²) >= 11 is 1.29. The molecular formula is C29H40N6O5S. The number of carbonyl (C=O) groups is 3. The maximum absolute atomic E-state index is 14.0. The lowest BCUT2D eigenvalue weighted by Crippen LogP contribution is -2.64. The Morgan fingerprint density at radius 3 is 2.51 bits per heavy atom. The zero-order chi connectivity index (χ0) is 28.8. The minimum atomic E-state index is -0.623. The van der Waals surface area contributed by atoms with Crippen LogP contribution in [-0.4, -0.2) is 81.6 Å². The van der Waals surface area contributed by atoms with Gasteiger partial charge in [-0.3, -0.25) is 19.4 Å². The molecule has 6 rings (SSSR count). The summed E-state index contributed by atoms with van der Waals surface area (Å²) in [5, 5.41) is 11.1. The molecule has 4 atom stereocenters. The molecule has 1 N–H and O–H groups in total. The molecule has 4 heterocycles. The highest BCUT2D eigenvalue weighted by atomic mass is 32.1. The van der Waals surface area contributed by atoms with Crippen LogP contribution >= 0.6 is 11.3 Å². The zero-order valence-electron chi connectivity index (χ0n) is 24.1. The standard InChI is InChI=1S/C29H40N6O5S/c1-18(39-12-19-7-5-4-6-8-19)23(25-33-31-16-40-25)32-24(36)21-11-34(27(38)22-10-30-17-41-22)13-29(21)14-35(15-29)26(37)20-9-28(20,2)3/h10,16-21,23H,4-9,11-15H2,1-3H3,(H,32,36)/t18-,20-,21?,23+/m1/s1. The van der Waals surface area contributed by atoms with Gasteiger partial charge in [-0.15, -0.1) is 21.5 Å². The first-order valence-electron chi connectivity index (χ1n) is 14.8. The molecule has 1 spiro atoms. The summed E-state index contributed by atoms with van der Waals surface area (Å²) in [6, 6.07) is -0.623. The summed E-state index contributed by atoms with van der Waals surface area (Å²) in [5.74, 6) is 0.178. The maximum Gasteiger partial charge on any atom is 0.265 e. The highest BCUT2D eigenvalue weighted by Crippen LogP contribution is 2.54. The minimum Gasteiger partial charge on any atom is -0.426 e. The van der Waals surface area contributed by atoms with Crippen molar-refractivity contribution in [1.82, 2.24) is 30.3 Å². The van der Waals surface area contributed by atoms with Gasteiger partial charge in [-0.25, -0.2) is 0 Å². The fraction of sp³-hybridized carbons (Fsp3) is 0.724. The van der Waals surface area contributed by atoms with E-state index in [1.807, 2.05) is 11.8 Å². The van der Waals surface area contributed by atoms with Gasteiger partial charge in [-0.1, -0.05) is 33.1 Å². The van der Waals surface area contributed by atoms with Crippen molar-refractivity contribution in [3.05, 3.63) is 28.9 Å². The number of amides is 3. The Balaban J connectivity index is 1.17. The molecule has 4 fully saturated rings. The van der Waals surface area contributed by atoms with E-state index in [0.29, 0.717) is 42.9 Å². The molecule has 3 amide bonds. The van der Waals surface area contributed by atoms with Crippen molar-refractivity contribution in [1.29, 1.82) is 0 Å². The summed E-state index contributed by atoms with van der Waals surface area (Å²) in [7, 11) is 0. The van der Waals surface area contributed by atoms with Crippen LogP contribution in [0, 0.1) is 28.6 Å². The number of nitrogens with one attached hydrogen (secondary N) is 1. The lowest BCUT2D eigenvalue weighted by Gasteiger charge is -2.50. The van der Waals surface area contributed by atoms with E-state index in [4.69, 9.17) is 9.15 Å². The molecule has 2 aromatic heterocycles. The van der Waals surface area contributed by atoms with Crippen LogP contribution in [0.15, 0.2) is 22.5 Å². The van der Waals surface area contributed by atoms with E-state index in [2.05, 4.69) is 34.3 Å². The lowest BCUT2D eigenvalue weighted by molar-refractivity contribution is -0.152. The number of carbonyl (C=O) groups excluding carboxylic acids is 3. The van der Waals surface area contributed by atoms with E-state index < -0.39 is 17.4 Å². The molecule has 2 saturated carbocycles. The van der Waals surface area contributed by atoms with Crippen LogP contribution < -0.4 is 5.32 Å². The second kappa shape index (κ2) is 11.1. The van der Waals surface area contributed by atoms with Crippen LogP contribution in [0.4, 0.5) is 0 Å². The highest BCUT2D eigenvalue weighted by Gasteiger charge is 2.62. The van der Waals surface area contributed by atoms with Crippen LogP contribution in [0.5, 0.6) is 0 Å². The SMILES string of the molecule is C[C@@H](OCC1CCCCC1)[C@H](NC(=O)C1CN(C(=O)c2cncs2)CC12CN(C(=O)[C@H]1CC1(C)C)C2)c1nnco1. The summed E-state index contributed by atoms with van der Waals surface area (Å²) < 4.78 is 11.8. The molecule has 222 valence electrons. The van der Waals surface area contributed by atoms with Gasteiger partial charge < -0.3 is 24.3 Å². The topological polar surface area (TPSA) is 131 Å². The second-order valence-corrected chi connectivity index (χ2v) is 14.1. The van der Waals surface area contributed by atoms with E-state index >= 15 is 0 Å². The van der Waals surface area contributed by atoms with Gasteiger partial charge in [0.25, 0.3) is 5.91 Å². The van der Waals surface area contributed by atoms with Crippen molar-refractivity contribution >= 4 is 29.1 Å². The predicted molar refractivity (Wildman–Crippen MR) is 150 cm³/mol. The fourth-order valence-corrected chi connectivity index (χ4v) is 7.54. The number of aromatic nitrogens is 3. The molecule has 12 heteroatoms. The number of ether oxygens (including phenoxy) is 1. The summed E-state index contributed by atoms with van der Waals surface area (Å²) in [5.41, 5.74) is 1.16. The Bertz CT molecular complexity index is 1240. The van der Waals surface area contributed by atoms with Gasteiger partial charge >= 0.3 is 0 Å². The average molecular weight is 585 g/mol. The Morgan fingerprint density at radius 1 is 1.15 bits per heavy atom. The number of thiazole rings is 1. The molecule has 4 aliphatic rings. The molecular weight excluding hydrogens is 544 g/mol. The molecule has 2 aromatic rings. The van der Waals surface area contributed by atoms with Gasteiger partial charge in [0.2, 0.25) is 24.1 Å². The molecule has 11 nitrogen and oxygen atoms in total. The van der Waals surface area contributed by atoms with Crippen LogP contribution in [0.25, 0.3) is 0 Å². The number of rotatable bonds is 9. The Kier molecular flexibility index (Phi) is 7.65. The highest BCUT2D eigenvalue weighted by molar-refractivity contribution is 7.11. The van der Waals surface area contributed by atoms with Crippen molar-refractivity contribution in [3.8, 4) is 0 Å². The first-order valence-corrected chi connectivity index (χ1v) is 15.7. The molecule has 0 radical (unpaired) electrons. The van der Waals surface area contributed by atoms with Gasteiger partial charge in [-0.05, 0) is 37.5 Å². The number of likely N-dealkylation sites (tertiary alicyclic amines) is 2. The zero-order valence-corrected chi connectivity index (χ0v) is 24.9. The van der Waals surface area contributed by atoms with Gasteiger partial charge in [0.05, 0.1) is 23.7 Å². The van der Waals surface area contributed by atoms with Crippen molar-refractivity contribution < 1.29 is 23.5 Å². The molecule has 2 aliphatic heterocycles. The van der Waals surface area contributed by atoms with E-state index in [0.717, 1.165) is 19.3 Å². The summed E-state index contributed by atoms with van der Waals surface area (Å²) in [4.78, 5) is 48.7. The van der Waals surface area contributed by atoms with E-state index in [1.54, 1.807) is 16.6 Å².